The third-order valence-electron chi connectivity index (χ3n) is 3.45. The molecule has 0 aromatic carbocycles. The number of hydrogen-bond acceptors (Lipinski definition) is 7. The molecule has 0 atom stereocenters. The van der Waals surface area contributed by atoms with Crippen LogP contribution in [0.1, 0.15) is 12.3 Å². The van der Waals surface area contributed by atoms with E-state index in [1.807, 2.05) is 0 Å². The molecule has 0 radical (unpaired) electrons. The quantitative estimate of drug-likeness (QED) is 0.685. The number of carbonyl (C=O) groups excluding carboxylic acids is 1. The highest BCUT2D eigenvalue weighted by molar-refractivity contribution is 5.92. The molecule has 0 saturated carbocycles. The first-order valence-electron chi connectivity index (χ1n) is 7.30. The van der Waals surface area contributed by atoms with Crippen molar-refractivity contribution in [3.8, 4) is 17.5 Å². The van der Waals surface area contributed by atoms with Gasteiger partial charge < -0.3 is 18.6 Å². The summed E-state index contributed by atoms with van der Waals surface area (Å²) in [7, 11) is 3.23. The molecule has 0 aliphatic rings. The van der Waals surface area contributed by atoms with Gasteiger partial charge >= 0.3 is 0 Å². The highest BCUT2D eigenvalue weighted by atomic mass is 16.5. The number of methoxy groups -OCH3 is 1. The van der Waals surface area contributed by atoms with Gasteiger partial charge in [0, 0.05) is 26.0 Å². The van der Waals surface area contributed by atoms with Crippen molar-refractivity contribution < 1.29 is 18.5 Å². The van der Waals surface area contributed by atoms with E-state index in [2.05, 4.69) is 15.1 Å². The Morgan fingerprint density at radius 3 is 2.88 bits per heavy atom. The molecule has 3 aromatic heterocycles. The van der Waals surface area contributed by atoms with E-state index in [9.17, 15) is 4.79 Å². The summed E-state index contributed by atoms with van der Waals surface area (Å²) in [6.45, 7) is 0. The van der Waals surface area contributed by atoms with Crippen LogP contribution in [-0.2, 0) is 11.2 Å². The van der Waals surface area contributed by atoms with Gasteiger partial charge in [0.25, 0.3) is 0 Å². The van der Waals surface area contributed by atoms with Gasteiger partial charge in [-0.1, -0.05) is 5.16 Å². The summed E-state index contributed by atoms with van der Waals surface area (Å²) in [6, 6.07) is 6.95. The van der Waals surface area contributed by atoms with Crippen molar-refractivity contribution >= 4 is 11.6 Å². The summed E-state index contributed by atoms with van der Waals surface area (Å²) in [5.41, 5.74) is 0.683. The lowest BCUT2D eigenvalue weighted by Gasteiger charge is -2.16. The van der Waals surface area contributed by atoms with E-state index < -0.39 is 0 Å². The molecule has 0 aliphatic carbocycles. The van der Waals surface area contributed by atoms with Crippen LogP contribution >= 0.6 is 0 Å². The third-order valence-corrected chi connectivity index (χ3v) is 3.45. The van der Waals surface area contributed by atoms with E-state index >= 15 is 0 Å². The largest absolute Gasteiger partial charge is 0.481 e. The van der Waals surface area contributed by atoms with Crippen LogP contribution in [-0.4, -0.2) is 35.2 Å². The predicted molar refractivity (Wildman–Crippen MR) is 84.5 cm³/mol. The van der Waals surface area contributed by atoms with E-state index in [4.69, 9.17) is 13.7 Å². The summed E-state index contributed by atoms with van der Waals surface area (Å²) < 4.78 is 15.3. The van der Waals surface area contributed by atoms with Crippen molar-refractivity contribution in [1.82, 2.24) is 15.1 Å². The second-order valence-electron chi connectivity index (χ2n) is 5.00. The fourth-order valence-electron chi connectivity index (χ4n) is 2.08. The number of anilines is 1. The fraction of sp³-hybridized carbons (Fsp3) is 0.250. The van der Waals surface area contributed by atoms with Crippen molar-refractivity contribution in [2.24, 2.45) is 0 Å². The van der Waals surface area contributed by atoms with Gasteiger partial charge in [-0.3, -0.25) is 4.79 Å². The monoisotopic (exact) mass is 328 g/mol. The number of amides is 1. The minimum atomic E-state index is -0.0836. The van der Waals surface area contributed by atoms with E-state index in [-0.39, 0.29) is 12.3 Å². The third kappa shape index (κ3) is 3.43. The summed E-state index contributed by atoms with van der Waals surface area (Å²) in [4.78, 5) is 22.1. The molecule has 0 aliphatic heterocycles. The molecule has 0 spiro atoms. The average Bonchev–Trinajstić information content (AvgIpc) is 3.30. The van der Waals surface area contributed by atoms with Crippen molar-refractivity contribution in [3.05, 3.63) is 42.6 Å². The number of rotatable bonds is 6. The van der Waals surface area contributed by atoms with Crippen LogP contribution < -0.4 is 9.64 Å². The zero-order valence-corrected chi connectivity index (χ0v) is 13.3. The zero-order chi connectivity index (χ0) is 16.9. The molecule has 3 aromatic rings. The first kappa shape index (κ1) is 15.7. The van der Waals surface area contributed by atoms with Gasteiger partial charge in [0.1, 0.15) is 0 Å². The first-order valence-corrected chi connectivity index (χ1v) is 7.30. The Morgan fingerprint density at radius 2 is 2.21 bits per heavy atom. The van der Waals surface area contributed by atoms with Crippen LogP contribution in [0.25, 0.3) is 11.6 Å². The lowest BCUT2D eigenvalue weighted by atomic mass is 10.2. The Balaban J connectivity index is 1.58. The van der Waals surface area contributed by atoms with Crippen LogP contribution in [0.15, 0.2) is 45.7 Å². The first-order chi connectivity index (χ1) is 11.7. The fourth-order valence-corrected chi connectivity index (χ4v) is 2.08. The molecule has 24 heavy (non-hydrogen) atoms. The van der Waals surface area contributed by atoms with E-state index in [0.717, 1.165) is 0 Å². The Morgan fingerprint density at radius 1 is 1.33 bits per heavy atom. The zero-order valence-electron chi connectivity index (χ0n) is 13.3. The molecular formula is C16H16N4O4. The van der Waals surface area contributed by atoms with Gasteiger partial charge in [-0.15, -0.1) is 0 Å². The highest BCUT2D eigenvalue weighted by Gasteiger charge is 2.15. The number of aryl methyl sites for hydroxylation is 1. The van der Waals surface area contributed by atoms with Crippen molar-refractivity contribution in [2.75, 3.05) is 19.1 Å². The number of furan rings is 1. The number of hydrogen-bond donors (Lipinski definition) is 0. The van der Waals surface area contributed by atoms with Crippen molar-refractivity contribution in [2.45, 2.75) is 12.8 Å². The molecular weight excluding hydrogens is 312 g/mol. The standard InChI is InChI=1S/C16H16N4O4/c1-20(11-5-6-13(22-2)17-10-11)15(21)8-7-14-18-16(19-24-14)12-4-3-9-23-12/h3-6,9-10H,7-8H2,1-2H3. The van der Waals surface area contributed by atoms with Gasteiger partial charge in [-0.05, 0) is 18.2 Å². The Bertz CT molecular complexity index is 796. The molecule has 0 fully saturated rings. The molecule has 8 nitrogen and oxygen atoms in total. The van der Waals surface area contributed by atoms with Gasteiger partial charge in [-0.2, -0.15) is 4.98 Å². The number of carbonyl (C=O) groups is 1. The summed E-state index contributed by atoms with van der Waals surface area (Å²) >= 11 is 0. The van der Waals surface area contributed by atoms with E-state index in [1.54, 1.807) is 37.5 Å². The summed E-state index contributed by atoms with van der Waals surface area (Å²) in [6.07, 6.45) is 3.70. The number of pyridine rings is 1. The molecule has 1 amide bonds. The number of nitrogens with zero attached hydrogens (tertiary/aromatic N) is 4. The molecule has 124 valence electrons. The van der Waals surface area contributed by atoms with Crippen LogP contribution in [0.5, 0.6) is 5.88 Å². The Labute approximate surface area is 138 Å². The van der Waals surface area contributed by atoms with Gasteiger partial charge in [0.15, 0.2) is 5.76 Å². The molecule has 8 heteroatoms. The minimum Gasteiger partial charge on any atom is -0.481 e. The van der Waals surface area contributed by atoms with Gasteiger partial charge in [0.2, 0.25) is 23.5 Å². The Kier molecular flexibility index (Phi) is 4.55. The van der Waals surface area contributed by atoms with Crippen molar-refractivity contribution in [1.29, 1.82) is 0 Å². The van der Waals surface area contributed by atoms with Crippen LogP contribution in [0.4, 0.5) is 5.69 Å². The van der Waals surface area contributed by atoms with Crippen molar-refractivity contribution in [3.63, 3.8) is 0 Å². The minimum absolute atomic E-state index is 0.0836. The van der Waals surface area contributed by atoms with E-state index in [0.29, 0.717) is 35.5 Å². The molecule has 0 bridgehead atoms. The topological polar surface area (TPSA) is 94.5 Å². The molecule has 3 heterocycles. The predicted octanol–water partition coefficient (Wildman–Crippen LogP) is 2.33. The average molecular weight is 328 g/mol. The maximum atomic E-state index is 12.3. The maximum Gasteiger partial charge on any atom is 0.238 e. The number of ether oxygens (including phenoxy) is 1. The SMILES string of the molecule is COc1ccc(N(C)C(=O)CCc2nc(-c3ccco3)no2)cn1. The molecule has 3 rings (SSSR count). The maximum absolute atomic E-state index is 12.3. The lowest BCUT2D eigenvalue weighted by molar-refractivity contribution is -0.118. The van der Waals surface area contributed by atoms with E-state index in [1.165, 1.54) is 18.3 Å². The normalized spacial score (nSPS) is 10.6. The second-order valence-corrected chi connectivity index (χ2v) is 5.00. The summed E-state index contributed by atoms with van der Waals surface area (Å²) in [5.74, 6) is 1.69. The smallest absolute Gasteiger partial charge is 0.238 e. The Hall–Kier alpha value is -3.16. The number of aromatic nitrogens is 3. The molecule has 0 N–H and O–H groups in total. The highest BCUT2D eigenvalue weighted by Crippen LogP contribution is 2.18. The molecule has 0 unspecified atom stereocenters. The van der Waals surface area contributed by atoms with Crippen LogP contribution in [0.3, 0.4) is 0 Å². The van der Waals surface area contributed by atoms with Gasteiger partial charge in [-0.25, -0.2) is 4.98 Å². The van der Waals surface area contributed by atoms with Crippen LogP contribution in [0.2, 0.25) is 0 Å². The lowest BCUT2D eigenvalue weighted by Crippen LogP contribution is -2.26. The molecule has 0 saturated heterocycles. The summed E-state index contributed by atoms with van der Waals surface area (Å²) in [5, 5.41) is 3.83. The van der Waals surface area contributed by atoms with Crippen LogP contribution in [0, 0.1) is 0 Å². The van der Waals surface area contributed by atoms with Gasteiger partial charge in [0.05, 0.1) is 25.3 Å². The second kappa shape index (κ2) is 6.95.